The molecule has 0 spiro atoms. The number of aryl methyl sites for hydroxylation is 1. The molecule has 37 heavy (non-hydrogen) atoms. The summed E-state index contributed by atoms with van der Waals surface area (Å²) in [7, 11) is 0. The summed E-state index contributed by atoms with van der Waals surface area (Å²) in [5.74, 6) is 1.56. The number of hydrogen-bond donors (Lipinski definition) is 3. The maximum Gasteiger partial charge on any atom is 0.338 e. The summed E-state index contributed by atoms with van der Waals surface area (Å²) in [5, 5.41) is 5.75. The summed E-state index contributed by atoms with van der Waals surface area (Å²) < 4.78 is 23.2. The van der Waals surface area contributed by atoms with E-state index < -0.39 is 11.6 Å². The molecule has 0 aliphatic rings. The van der Waals surface area contributed by atoms with Gasteiger partial charge in [-0.05, 0) is 65.0 Å². The Morgan fingerprint density at radius 2 is 1.81 bits per heavy atom. The highest BCUT2D eigenvalue weighted by atomic mass is 16.6. The topological polar surface area (TPSA) is 160 Å². The summed E-state index contributed by atoms with van der Waals surface area (Å²) in [6.45, 7) is 9.46. The van der Waals surface area contributed by atoms with Gasteiger partial charge in [-0.1, -0.05) is 6.07 Å². The number of ether oxygens (including phenoxy) is 4. The van der Waals surface area contributed by atoms with Gasteiger partial charge in [0.2, 0.25) is 0 Å². The first-order valence-corrected chi connectivity index (χ1v) is 11.6. The second-order valence-electron chi connectivity index (χ2n) is 9.12. The number of fused-ring (bicyclic) bond motifs is 1. The van der Waals surface area contributed by atoms with E-state index in [0.717, 1.165) is 0 Å². The molecule has 0 amide bonds. The Labute approximate surface area is 213 Å². The van der Waals surface area contributed by atoms with Crippen molar-refractivity contribution in [2.45, 2.75) is 40.2 Å². The number of nitrogens with two attached hydrogens (primary N) is 2. The van der Waals surface area contributed by atoms with Gasteiger partial charge >= 0.3 is 12.0 Å². The third kappa shape index (κ3) is 6.13. The predicted molar refractivity (Wildman–Crippen MR) is 136 cm³/mol. The highest BCUT2D eigenvalue weighted by Crippen LogP contribution is 2.34. The number of carbonyl (C=O) groups is 1. The molecule has 4 rings (SSSR count). The number of carbonyl (C=O) groups excluding carboxylic acids is 1. The molecule has 0 atom stereocenters. The minimum atomic E-state index is -0.629. The predicted octanol–water partition coefficient (Wildman–Crippen LogP) is 3.06. The summed E-state index contributed by atoms with van der Waals surface area (Å²) >= 11 is 0. The average Bonchev–Trinajstić information content (AvgIpc) is 3.20. The quantitative estimate of drug-likeness (QED) is 0.186. The lowest BCUT2D eigenvalue weighted by Crippen LogP contribution is -2.46. The lowest BCUT2D eigenvalue weighted by atomic mass is 10.1. The van der Waals surface area contributed by atoms with Crippen LogP contribution in [-0.4, -0.2) is 43.9 Å². The standard InChI is InChI=1S/C26H28N6O5/c1-6-34-18-11-10-15(21(27)28)13-19(18)36-25-31-22-20(29-14(2)30-22)23(32-25)35-17-9-7-8-16(12-17)24(33)37-26(3,4)5/h7-13H,6H2,1-5H3,(H3,27,28)(H,29,30,31,32)/p+1. The Balaban J connectivity index is 1.70. The van der Waals surface area contributed by atoms with Crippen LogP contribution < -0.4 is 25.4 Å². The van der Waals surface area contributed by atoms with Crippen LogP contribution in [-0.2, 0) is 4.74 Å². The number of aromatic nitrogens is 4. The number of nitrogens with zero attached hydrogens (tertiary/aromatic N) is 3. The number of nitrogens with one attached hydrogen (secondary N) is 1. The van der Waals surface area contributed by atoms with Crippen molar-refractivity contribution < 1.29 is 29.2 Å². The molecule has 0 aliphatic heterocycles. The number of H-pyrrole nitrogens is 1. The van der Waals surface area contributed by atoms with Gasteiger partial charge in [-0.15, -0.1) is 0 Å². The second kappa shape index (κ2) is 10.1. The van der Waals surface area contributed by atoms with Crippen molar-refractivity contribution in [2.75, 3.05) is 6.61 Å². The van der Waals surface area contributed by atoms with Crippen LogP contribution in [0.1, 0.15) is 49.4 Å². The highest BCUT2D eigenvalue weighted by molar-refractivity contribution is 5.93. The van der Waals surface area contributed by atoms with E-state index in [4.69, 9.17) is 30.1 Å². The van der Waals surface area contributed by atoms with Gasteiger partial charge in [0.25, 0.3) is 11.7 Å². The van der Waals surface area contributed by atoms with Crippen molar-refractivity contribution in [1.29, 1.82) is 0 Å². The molecule has 2 heterocycles. The first-order chi connectivity index (χ1) is 17.5. The van der Waals surface area contributed by atoms with E-state index in [9.17, 15) is 4.79 Å². The smallest absolute Gasteiger partial charge is 0.338 e. The van der Waals surface area contributed by atoms with Crippen LogP contribution in [0.25, 0.3) is 11.2 Å². The maximum absolute atomic E-state index is 12.5. The zero-order valence-electron chi connectivity index (χ0n) is 21.3. The first-order valence-electron chi connectivity index (χ1n) is 11.6. The van der Waals surface area contributed by atoms with E-state index in [2.05, 4.69) is 19.9 Å². The molecule has 0 radical (unpaired) electrons. The van der Waals surface area contributed by atoms with Crippen LogP contribution in [0, 0.1) is 6.92 Å². The monoisotopic (exact) mass is 505 g/mol. The number of hydrogen-bond acceptors (Lipinski definition) is 8. The molecule has 2 aromatic carbocycles. The normalized spacial score (nSPS) is 11.3. The Bertz CT molecular complexity index is 1470. The lowest BCUT2D eigenvalue weighted by Gasteiger charge is -2.19. The molecule has 0 bridgehead atoms. The molecule has 0 unspecified atom stereocenters. The number of esters is 1. The Kier molecular flexibility index (Phi) is 6.96. The Morgan fingerprint density at radius 1 is 1.03 bits per heavy atom. The molecule has 2 aromatic heterocycles. The lowest BCUT2D eigenvalue weighted by molar-refractivity contribution is -0.114. The molecule has 0 aliphatic carbocycles. The third-order valence-electron chi connectivity index (χ3n) is 4.88. The van der Waals surface area contributed by atoms with E-state index in [1.807, 2.05) is 6.92 Å². The van der Waals surface area contributed by atoms with E-state index in [0.29, 0.717) is 52.0 Å². The van der Waals surface area contributed by atoms with E-state index >= 15 is 0 Å². The van der Waals surface area contributed by atoms with Gasteiger partial charge in [-0.3, -0.25) is 11.1 Å². The minimum absolute atomic E-state index is 0.0361. The number of rotatable bonds is 8. The molecule has 5 N–H and O–H groups in total. The van der Waals surface area contributed by atoms with Crippen molar-refractivity contribution in [3.63, 3.8) is 0 Å². The summed E-state index contributed by atoms with van der Waals surface area (Å²) in [4.78, 5) is 28.9. The molecular formula is C26H29N6O5+. The van der Waals surface area contributed by atoms with Gasteiger partial charge in [0.05, 0.1) is 17.7 Å². The molecular weight excluding hydrogens is 476 g/mol. The molecule has 11 heteroatoms. The van der Waals surface area contributed by atoms with Crippen molar-refractivity contribution in [3.8, 4) is 29.1 Å². The molecule has 0 saturated carbocycles. The number of aromatic amines is 1. The summed E-state index contributed by atoms with van der Waals surface area (Å²) in [5.41, 5.74) is 6.82. The first kappa shape index (κ1) is 25.4. The second-order valence-corrected chi connectivity index (χ2v) is 9.12. The van der Waals surface area contributed by atoms with Crippen LogP contribution in [0.15, 0.2) is 42.5 Å². The zero-order valence-corrected chi connectivity index (χ0v) is 21.3. The molecule has 0 saturated heterocycles. The van der Waals surface area contributed by atoms with Crippen molar-refractivity contribution in [2.24, 2.45) is 5.73 Å². The number of benzene rings is 2. The van der Waals surface area contributed by atoms with Gasteiger partial charge in [0.1, 0.15) is 22.7 Å². The Morgan fingerprint density at radius 3 is 2.51 bits per heavy atom. The van der Waals surface area contributed by atoms with Crippen molar-refractivity contribution >= 4 is 23.0 Å². The van der Waals surface area contributed by atoms with Gasteiger partial charge in [-0.25, -0.2) is 9.78 Å². The molecule has 4 aromatic rings. The van der Waals surface area contributed by atoms with E-state index in [1.54, 1.807) is 70.2 Å². The third-order valence-corrected chi connectivity index (χ3v) is 4.88. The van der Waals surface area contributed by atoms with E-state index in [1.165, 1.54) is 0 Å². The minimum Gasteiger partial charge on any atom is -0.490 e. The summed E-state index contributed by atoms with van der Waals surface area (Å²) in [6.07, 6.45) is 0. The number of amidine groups is 1. The number of imidazole rings is 1. The van der Waals surface area contributed by atoms with Crippen LogP contribution in [0.2, 0.25) is 0 Å². The molecule has 192 valence electrons. The van der Waals surface area contributed by atoms with Crippen LogP contribution >= 0.6 is 0 Å². The van der Waals surface area contributed by atoms with Crippen LogP contribution in [0.4, 0.5) is 0 Å². The van der Waals surface area contributed by atoms with E-state index in [-0.39, 0.29) is 17.7 Å². The maximum atomic E-state index is 12.5. The van der Waals surface area contributed by atoms with Gasteiger partial charge in [0, 0.05) is 6.07 Å². The highest BCUT2D eigenvalue weighted by Gasteiger charge is 2.20. The Hall–Kier alpha value is -4.67. The van der Waals surface area contributed by atoms with Gasteiger partial charge in [0.15, 0.2) is 17.1 Å². The fourth-order valence-corrected chi connectivity index (χ4v) is 3.36. The van der Waals surface area contributed by atoms with Crippen molar-refractivity contribution in [1.82, 2.24) is 19.9 Å². The van der Waals surface area contributed by atoms with Gasteiger partial charge < -0.3 is 23.9 Å². The average molecular weight is 506 g/mol. The van der Waals surface area contributed by atoms with Crippen LogP contribution in [0.5, 0.6) is 29.1 Å². The van der Waals surface area contributed by atoms with Gasteiger partial charge in [-0.2, -0.15) is 9.97 Å². The zero-order chi connectivity index (χ0) is 26.7. The van der Waals surface area contributed by atoms with Crippen LogP contribution in [0.3, 0.4) is 0 Å². The molecule has 11 nitrogen and oxygen atoms in total. The fourth-order valence-electron chi connectivity index (χ4n) is 3.36. The SMILES string of the molecule is CCOc1ccc(C(N)=[NH2+])cc1Oc1nc(Oc2cccc(C(=O)OC(C)(C)C)c2)c2[nH]c(C)nc2n1. The largest absolute Gasteiger partial charge is 0.490 e. The van der Waals surface area contributed by atoms with Crippen molar-refractivity contribution in [3.05, 3.63) is 59.4 Å². The fraction of sp³-hybridized carbons (Fsp3) is 0.269. The summed E-state index contributed by atoms with van der Waals surface area (Å²) in [6, 6.07) is 11.6. The molecule has 0 fully saturated rings.